The number of benzene rings is 2. The second kappa shape index (κ2) is 8.09. The van der Waals surface area contributed by atoms with Gasteiger partial charge in [-0.25, -0.2) is 4.90 Å². The van der Waals surface area contributed by atoms with Gasteiger partial charge in [-0.3, -0.25) is 9.59 Å². The Morgan fingerprint density at radius 1 is 1.21 bits per heavy atom. The lowest BCUT2D eigenvalue weighted by Gasteiger charge is -2.18. The number of carbonyl (C=O) groups is 2. The zero-order valence-corrected chi connectivity index (χ0v) is 16.7. The number of ether oxygens (including phenoxy) is 1. The van der Waals surface area contributed by atoms with Gasteiger partial charge in [0.2, 0.25) is 5.91 Å². The first-order valence-corrected chi connectivity index (χ1v) is 9.97. The summed E-state index contributed by atoms with van der Waals surface area (Å²) < 4.78 is 5.59. The van der Waals surface area contributed by atoms with Crippen LogP contribution in [0.5, 0.6) is 5.75 Å². The van der Waals surface area contributed by atoms with E-state index in [9.17, 15) is 9.59 Å². The number of fused-ring (bicyclic) bond motifs is 1. The molecule has 1 aromatic heterocycles. The van der Waals surface area contributed by atoms with Gasteiger partial charge in [0.25, 0.3) is 5.91 Å². The van der Waals surface area contributed by atoms with Gasteiger partial charge in [0.1, 0.15) is 5.75 Å². The average Bonchev–Trinajstić information content (AvgIpc) is 3.23. The van der Waals surface area contributed by atoms with Crippen LogP contribution >= 0.6 is 0 Å². The van der Waals surface area contributed by atoms with E-state index in [2.05, 4.69) is 35.4 Å². The summed E-state index contributed by atoms with van der Waals surface area (Å²) in [6, 6.07) is 13.0. The molecule has 0 aliphatic carbocycles. The second-order valence-electron chi connectivity index (χ2n) is 7.29. The molecule has 0 bridgehead atoms. The van der Waals surface area contributed by atoms with Crippen LogP contribution in [0.2, 0.25) is 0 Å². The number of nitrogens with zero attached hydrogens (tertiary/aromatic N) is 1. The van der Waals surface area contributed by atoms with Gasteiger partial charge in [0, 0.05) is 23.6 Å². The van der Waals surface area contributed by atoms with Crippen LogP contribution in [-0.2, 0) is 16.0 Å². The van der Waals surface area contributed by atoms with Crippen molar-refractivity contribution in [2.75, 3.05) is 18.1 Å². The lowest BCUT2D eigenvalue weighted by atomic mass is 10.1. The van der Waals surface area contributed by atoms with Gasteiger partial charge >= 0.3 is 0 Å². The standard InChI is InChI=1S/C23H25N3O3/c1-3-29-21-7-5-4-6-20(21)26-22(27)13-19(23(26)28)24-11-10-16-14-25-18-9-8-15(2)12-17(16)18/h4-9,12,14,19,24-25H,3,10-11,13H2,1-2H3/t19-/m1/s1. The van der Waals surface area contributed by atoms with Crippen molar-refractivity contribution in [2.24, 2.45) is 0 Å². The number of H-pyrrole nitrogens is 1. The summed E-state index contributed by atoms with van der Waals surface area (Å²) in [6.07, 6.45) is 2.95. The molecule has 150 valence electrons. The molecular formula is C23H25N3O3. The van der Waals surface area contributed by atoms with E-state index in [0.717, 1.165) is 11.9 Å². The summed E-state index contributed by atoms with van der Waals surface area (Å²) in [5.41, 5.74) is 4.04. The number of amides is 2. The maximum Gasteiger partial charge on any atom is 0.251 e. The largest absolute Gasteiger partial charge is 0.492 e. The van der Waals surface area contributed by atoms with Gasteiger partial charge in [-0.05, 0) is 50.1 Å². The van der Waals surface area contributed by atoms with E-state index in [-0.39, 0.29) is 18.2 Å². The van der Waals surface area contributed by atoms with Crippen LogP contribution in [0.15, 0.2) is 48.7 Å². The van der Waals surface area contributed by atoms with E-state index < -0.39 is 6.04 Å². The first-order valence-electron chi connectivity index (χ1n) is 9.97. The van der Waals surface area contributed by atoms with Crippen molar-refractivity contribution < 1.29 is 14.3 Å². The van der Waals surface area contributed by atoms with Crippen LogP contribution in [0.3, 0.4) is 0 Å². The fraction of sp³-hybridized carbons (Fsp3) is 0.304. The number of aryl methyl sites for hydroxylation is 1. The Labute approximate surface area is 169 Å². The SMILES string of the molecule is CCOc1ccccc1N1C(=O)C[C@@H](NCCc2c[nH]c3ccc(C)cc23)C1=O. The lowest BCUT2D eigenvalue weighted by Crippen LogP contribution is -2.39. The molecule has 3 aromatic rings. The third kappa shape index (κ3) is 3.76. The van der Waals surface area contributed by atoms with Crippen molar-refractivity contribution in [1.29, 1.82) is 0 Å². The molecule has 0 unspecified atom stereocenters. The topological polar surface area (TPSA) is 74.4 Å². The molecule has 29 heavy (non-hydrogen) atoms. The summed E-state index contributed by atoms with van der Waals surface area (Å²) in [4.78, 5) is 30.0. The minimum Gasteiger partial charge on any atom is -0.492 e. The Kier molecular flexibility index (Phi) is 5.36. The zero-order valence-electron chi connectivity index (χ0n) is 16.7. The Morgan fingerprint density at radius 2 is 2.03 bits per heavy atom. The van der Waals surface area contributed by atoms with Crippen LogP contribution in [-0.4, -0.2) is 36.0 Å². The number of nitrogens with one attached hydrogen (secondary N) is 2. The van der Waals surface area contributed by atoms with Crippen molar-refractivity contribution >= 4 is 28.4 Å². The fourth-order valence-electron chi connectivity index (χ4n) is 3.84. The summed E-state index contributed by atoms with van der Waals surface area (Å²) in [7, 11) is 0. The number of aromatic amines is 1. The van der Waals surface area contributed by atoms with Crippen LogP contribution in [0.4, 0.5) is 5.69 Å². The Balaban J connectivity index is 1.43. The molecule has 2 aromatic carbocycles. The monoisotopic (exact) mass is 391 g/mol. The lowest BCUT2D eigenvalue weighted by molar-refractivity contribution is -0.121. The normalized spacial score (nSPS) is 16.8. The van der Waals surface area contributed by atoms with Gasteiger partial charge in [-0.15, -0.1) is 0 Å². The van der Waals surface area contributed by atoms with Crippen molar-refractivity contribution in [2.45, 2.75) is 32.7 Å². The van der Waals surface area contributed by atoms with Gasteiger partial charge in [-0.2, -0.15) is 0 Å². The molecule has 6 heteroatoms. The molecule has 1 atom stereocenters. The number of aromatic nitrogens is 1. The number of hydrogen-bond acceptors (Lipinski definition) is 4. The molecule has 0 saturated carbocycles. The van der Waals surface area contributed by atoms with Gasteiger partial charge in [0.05, 0.1) is 24.8 Å². The molecule has 1 aliphatic rings. The van der Waals surface area contributed by atoms with Crippen molar-refractivity contribution in [3.8, 4) is 5.75 Å². The van der Waals surface area contributed by atoms with E-state index in [4.69, 9.17) is 4.74 Å². The van der Waals surface area contributed by atoms with Crippen molar-refractivity contribution in [1.82, 2.24) is 10.3 Å². The number of anilines is 1. The molecule has 2 amide bonds. The van der Waals surface area contributed by atoms with E-state index >= 15 is 0 Å². The summed E-state index contributed by atoms with van der Waals surface area (Å²) in [5.74, 6) is 0.116. The predicted molar refractivity (Wildman–Crippen MR) is 113 cm³/mol. The summed E-state index contributed by atoms with van der Waals surface area (Å²) >= 11 is 0. The van der Waals surface area contributed by atoms with Gasteiger partial charge in [0.15, 0.2) is 0 Å². The maximum atomic E-state index is 12.9. The third-order valence-corrected chi connectivity index (χ3v) is 5.26. The van der Waals surface area contributed by atoms with E-state index in [0.29, 0.717) is 24.6 Å². The molecule has 6 nitrogen and oxygen atoms in total. The van der Waals surface area contributed by atoms with E-state index in [1.54, 1.807) is 18.2 Å². The number of rotatable bonds is 7. The van der Waals surface area contributed by atoms with E-state index in [1.165, 1.54) is 21.4 Å². The zero-order chi connectivity index (χ0) is 20.4. The minimum absolute atomic E-state index is 0.159. The average molecular weight is 391 g/mol. The Hall–Kier alpha value is -3.12. The molecular weight excluding hydrogens is 366 g/mol. The first-order chi connectivity index (χ1) is 14.1. The van der Waals surface area contributed by atoms with Crippen LogP contribution in [0.1, 0.15) is 24.5 Å². The molecule has 0 radical (unpaired) electrons. The highest BCUT2D eigenvalue weighted by Crippen LogP contribution is 2.32. The molecule has 0 spiro atoms. The van der Waals surface area contributed by atoms with Crippen molar-refractivity contribution in [3.63, 3.8) is 0 Å². The Morgan fingerprint density at radius 3 is 2.86 bits per heavy atom. The van der Waals surface area contributed by atoms with Gasteiger partial charge < -0.3 is 15.0 Å². The van der Waals surface area contributed by atoms with Crippen LogP contribution in [0, 0.1) is 6.92 Å². The second-order valence-corrected chi connectivity index (χ2v) is 7.29. The Bertz CT molecular complexity index is 1060. The number of carbonyl (C=O) groups excluding carboxylic acids is 2. The highest BCUT2D eigenvalue weighted by molar-refractivity contribution is 6.23. The van der Waals surface area contributed by atoms with Crippen LogP contribution < -0.4 is 15.0 Å². The smallest absolute Gasteiger partial charge is 0.251 e. The van der Waals surface area contributed by atoms with Gasteiger partial charge in [-0.1, -0.05) is 23.8 Å². The quantitative estimate of drug-likeness (QED) is 0.606. The number of para-hydroxylation sites is 2. The third-order valence-electron chi connectivity index (χ3n) is 5.26. The highest BCUT2D eigenvalue weighted by atomic mass is 16.5. The number of hydrogen-bond donors (Lipinski definition) is 2. The summed E-state index contributed by atoms with van der Waals surface area (Å²) in [5, 5.41) is 4.47. The van der Waals surface area contributed by atoms with Crippen molar-refractivity contribution in [3.05, 3.63) is 59.8 Å². The van der Waals surface area contributed by atoms with E-state index in [1.807, 2.05) is 19.2 Å². The molecule has 2 heterocycles. The molecule has 4 rings (SSSR count). The molecule has 1 aliphatic heterocycles. The predicted octanol–water partition coefficient (Wildman–Crippen LogP) is 3.34. The van der Waals surface area contributed by atoms with Crippen LogP contribution in [0.25, 0.3) is 10.9 Å². The molecule has 2 N–H and O–H groups in total. The summed E-state index contributed by atoms with van der Waals surface area (Å²) in [6.45, 7) is 5.04. The maximum absolute atomic E-state index is 12.9. The highest BCUT2D eigenvalue weighted by Gasteiger charge is 2.40. The minimum atomic E-state index is -0.510. The first kappa shape index (κ1) is 19.2. The molecule has 1 fully saturated rings. The molecule has 1 saturated heterocycles. The fourth-order valence-corrected chi connectivity index (χ4v) is 3.84. The number of imide groups is 1.